The number of hydrogen-bond donors (Lipinski definition) is 4. The van der Waals surface area contributed by atoms with Crippen molar-refractivity contribution in [3.05, 3.63) is 16.3 Å². The van der Waals surface area contributed by atoms with E-state index in [2.05, 4.69) is 20.1 Å². The Kier molecular flexibility index (Phi) is 3.83. The highest BCUT2D eigenvalue weighted by atomic mass is 16.6. The third kappa shape index (κ3) is 2.29. The zero-order valence-corrected chi connectivity index (χ0v) is 9.94. The average Bonchev–Trinajstić information content (AvgIpc) is 2.94. The van der Waals surface area contributed by atoms with Crippen molar-refractivity contribution >= 4 is 11.9 Å². The van der Waals surface area contributed by atoms with Gasteiger partial charge < -0.3 is 25.8 Å². The van der Waals surface area contributed by atoms with E-state index in [1.165, 1.54) is 0 Å². The number of rotatable bonds is 4. The second kappa shape index (κ2) is 5.40. The van der Waals surface area contributed by atoms with Crippen molar-refractivity contribution in [3.63, 3.8) is 0 Å². The Morgan fingerprint density at radius 3 is 2.75 bits per heavy atom. The Hall–Kier alpha value is -2.24. The van der Waals surface area contributed by atoms with Gasteiger partial charge in [-0.1, -0.05) is 0 Å². The van der Waals surface area contributed by atoms with Gasteiger partial charge in [0, 0.05) is 4.91 Å². The summed E-state index contributed by atoms with van der Waals surface area (Å²) in [6, 6.07) is 0. The van der Waals surface area contributed by atoms with E-state index in [4.69, 9.17) is 21.1 Å². The molecule has 1 saturated heterocycles. The monoisotopic (exact) mass is 285 g/mol. The highest BCUT2D eigenvalue weighted by molar-refractivity contribution is 5.89. The van der Waals surface area contributed by atoms with Gasteiger partial charge in [0.05, 0.1) is 6.61 Å². The summed E-state index contributed by atoms with van der Waals surface area (Å²) in [5.41, 5.74) is 13.4. The number of nitrogens with two attached hydrogens (primary N) is 1. The van der Waals surface area contributed by atoms with Gasteiger partial charge in [-0.25, -0.2) is 9.67 Å². The number of carbonyl (C=O) groups excluding carboxylic acids is 1. The SMILES string of the molecule is [N-]=[N+]=Nc1nc(C(N)=O)n([C@@H]2O[C@H](CO)[C@@H](O)[C@H]2O)n1. The number of ether oxygens (including phenoxy) is 1. The van der Waals surface area contributed by atoms with Crippen LogP contribution in [0.1, 0.15) is 16.8 Å². The largest absolute Gasteiger partial charge is 0.394 e. The predicted molar refractivity (Wildman–Crippen MR) is 60.4 cm³/mol. The van der Waals surface area contributed by atoms with Gasteiger partial charge in [-0.05, 0) is 10.6 Å². The van der Waals surface area contributed by atoms with Crippen molar-refractivity contribution in [2.45, 2.75) is 24.5 Å². The molecule has 1 aromatic heterocycles. The predicted octanol–water partition coefficient (Wildman–Crippen LogP) is -2.07. The molecule has 1 aliphatic rings. The minimum absolute atomic E-state index is 0.390. The van der Waals surface area contributed by atoms with Crippen LogP contribution in [0.4, 0.5) is 5.95 Å². The number of aromatic nitrogens is 3. The maximum atomic E-state index is 11.3. The number of hydrogen-bond acceptors (Lipinski definition) is 8. The summed E-state index contributed by atoms with van der Waals surface area (Å²) < 4.78 is 5.97. The van der Waals surface area contributed by atoms with Crippen molar-refractivity contribution in [1.82, 2.24) is 14.8 Å². The summed E-state index contributed by atoms with van der Waals surface area (Å²) in [5, 5.41) is 35.2. The number of azide groups is 1. The number of primary amides is 1. The average molecular weight is 285 g/mol. The molecule has 0 unspecified atom stereocenters. The maximum Gasteiger partial charge on any atom is 0.286 e. The van der Waals surface area contributed by atoms with Crippen LogP contribution in [-0.4, -0.2) is 60.9 Å². The Labute approximate surface area is 111 Å². The van der Waals surface area contributed by atoms with Crippen LogP contribution in [-0.2, 0) is 4.74 Å². The summed E-state index contributed by atoms with van der Waals surface area (Å²) >= 11 is 0. The summed E-state index contributed by atoms with van der Waals surface area (Å²) in [6.45, 7) is -0.543. The van der Waals surface area contributed by atoms with E-state index in [1.54, 1.807) is 0 Å². The summed E-state index contributed by atoms with van der Waals surface area (Å²) in [4.78, 5) is 17.3. The first-order valence-electron chi connectivity index (χ1n) is 5.43. The lowest BCUT2D eigenvalue weighted by Crippen LogP contribution is -2.34. The molecular formula is C8H11N7O5. The molecule has 20 heavy (non-hydrogen) atoms. The number of aliphatic hydroxyl groups excluding tert-OH is 3. The molecule has 1 aromatic rings. The molecule has 1 aliphatic heterocycles. The molecule has 108 valence electrons. The quantitative estimate of drug-likeness (QED) is 0.277. The van der Waals surface area contributed by atoms with Crippen molar-refractivity contribution < 1.29 is 24.9 Å². The third-order valence-electron chi connectivity index (χ3n) is 2.73. The fourth-order valence-electron chi connectivity index (χ4n) is 1.82. The van der Waals surface area contributed by atoms with Gasteiger partial charge in [0.15, 0.2) is 6.23 Å². The zero-order valence-electron chi connectivity index (χ0n) is 9.94. The number of nitrogens with zero attached hydrogens (tertiary/aromatic N) is 6. The Balaban J connectivity index is 2.41. The second-order valence-electron chi connectivity index (χ2n) is 3.96. The second-order valence-corrected chi connectivity index (χ2v) is 3.96. The molecule has 0 aliphatic carbocycles. The smallest absolute Gasteiger partial charge is 0.286 e. The van der Waals surface area contributed by atoms with E-state index in [9.17, 15) is 15.0 Å². The van der Waals surface area contributed by atoms with Gasteiger partial charge in [0.25, 0.3) is 5.91 Å². The van der Waals surface area contributed by atoms with Gasteiger partial charge in [0.2, 0.25) is 11.8 Å². The van der Waals surface area contributed by atoms with Gasteiger partial charge >= 0.3 is 0 Å². The Morgan fingerprint density at radius 2 is 2.25 bits per heavy atom. The maximum absolute atomic E-state index is 11.3. The molecule has 5 N–H and O–H groups in total. The van der Waals surface area contributed by atoms with Crippen molar-refractivity contribution in [3.8, 4) is 0 Å². The van der Waals surface area contributed by atoms with E-state index < -0.39 is 42.9 Å². The normalized spacial score (nSPS) is 29.1. The summed E-state index contributed by atoms with van der Waals surface area (Å²) in [6.07, 6.45) is -5.19. The van der Waals surface area contributed by atoms with Crippen molar-refractivity contribution in [1.29, 1.82) is 0 Å². The number of carbonyl (C=O) groups is 1. The molecule has 0 bridgehead atoms. The van der Waals surface area contributed by atoms with E-state index >= 15 is 0 Å². The molecule has 1 amide bonds. The molecule has 0 radical (unpaired) electrons. The summed E-state index contributed by atoms with van der Waals surface area (Å²) in [7, 11) is 0. The van der Waals surface area contributed by atoms with Crippen molar-refractivity contribution in [2.75, 3.05) is 6.61 Å². The Bertz CT molecular complexity index is 568. The van der Waals surface area contributed by atoms with Crippen LogP contribution in [0.15, 0.2) is 5.11 Å². The van der Waals surface area contributed by atoms with E-state index in [0.29, 0.717) is 0 Å². The lowest BCUT2D eigenvalue weighted by Gasteiger charge is -2.15. The zero-order chi connectivity index (χ0) is 14.9. The van der Waals surface area contributed by atoms with Crippen LogP contribution in [0, 0.1) is 0 Å². The number of aliphatic hydroxyl groups is 3. The molecule has 2 rings (SSSR count). The van der Waals surface area contributed by atoms with Crippen LogP contribution in [0.25, 0.3) is 10.4 Å². The highest BCUT2D eigenvalue weighted by Gasteiger charge is 2.45. The van der Waals surface area contributed by atoms with Crippen LogP contribution < -0.4 is 5.73 Å². The molecule has 1 fully saturated rings. The molecule has 0 aromatic carbocycles. The lowest BCUT2D eigenvalue weighted by atomic mass is 10.1. The fraction of sp³-hybridized carbons (Fsp3) is 0.625. The van der Waals surface area contributed by atoms with Crippen LogP contribution in [0.2, 0.25) is 0 Å². The standard InChI is InChI=1S/C8H11N7O5/c9-5(19)6-11-8(12-14-10)13-15(6)7-4(18)3(17)2(1-16)20-7/h2-4,7,16-18H,1H2,(H2,9,19)/t2-,3-,4-,7-/m1/s1. The first-order valence-corrected chi connectivity index (χ1v) is 5.43. The topological polar surface area (TPSA) is 192 Å². The third-order valence-corrected chi connectivity index (χ3v) is 2.73. The lowest BCUT2D eigenvalue weighted by molar-refractivity contribution is -0.0594. The summed E-state index contributed by atoms with van der Waals surface area (Å²) in [5.74, 6) is -1.80. The highest BCUT2D eigenvalue weighted by Crippen LogP contribution is 2.30. The van der Waals surface area contributed by atoms with E-state index in [1.807, 2.05) is 0 Å². The first kappa shape index (κ1) is 14.2. The first-order chi connectivity index (χ1) is 9.49. The fourth-order valence-corrected chi connectivity index (χ4v) is 1.82. The van der Waals surface area contributed by atoms with Gasteiger partial charge in [-0.15, -0.1) is 5.10 Å². The van der Waals surface area contributed by atoms with Gasteiger partial charge in [-0.3, -0.25) is 4.79 Å². The molecular weight excluding hydrogens is 274 g/mol. The molecule has 12 heteroatoms. The van der Waals surface area contributed by atoms with Crippen LogP contribution in [0.5, 0.6) is 0 Å². The van der Waals surface area contributed by atoms with Gasteiger partial charge in [-0.2, -0.15) is 0 Å². The Morgan fingerprint density at radius 1 is 1.55 bits per heavy atom. The minimum Gasteiger partial charge on any atom is -0.394 e. The van der Waals surface area contributed by atoms with Crippen molar-refractivity contribution in [2.24, 2.45) is 10.8 Å². The van der Waals surface area contributed by atoms with Crippen LogP contribution in [0.3, 0.4) is 0 Å². The molecule has 0 saturated carbocycles. The molecule has 0 spiro atoms. The van der Waals surface area contributed by atoms with E-state index in [0.717, 1.165) is 4.68 Å². The van der Waals surface area contributed by atoms with Crippen LogP contribution >= 0.6 is 0 Å². The molecule has 12 nitrogen and oxygen atoms in total. The van der Waals surface area contributed by atoms with E-state index in [-0.39, 0.29) is 5.95 Å². The van der Waals surface area contributed by atoms with Gasteiger partial charge in [0.1, 0.15) is 18.3 Å². The minimum atomic E-state index is -1.47. The molecule has 2 heterocycles. The molecule has 4 atom stereocenters. The number of amides is 1.